The lowest BCUT2D eigenvalue weighted by atomic mass is 9.74. The number of benzene rings is 1. The first-order chi connectivity index (χ1) is 17.4. The summed E-state index contributed by atoms with van der Waals surface area (Å²) in [6, 6.07) is 7.22. The van der Waals surface area contributed by atoms with E-state index in [0.29, 0.717) is 18.2 Å². The number of nitrogens with zero attached hydrogens (tertiary/aromatic N) is 1. The number of fused-ring (bicyclic) bond motifs is 1. The molecule has 7 nitrogen and oxygen atoms in total. The van der Waals surface area contributed by atoms with E-state index in [1.54, 1.807) is 4.90 Å². The minimum Gasteiger partial charge on any atom is -0.359 e. The summed E-state index contributed by atoms with van der Waals surface area (Å²) in [5.74, 6) is -1.48. The van der Waals surface area contributed by atoms with Crippen molar-refractivity contribution in [1.29, 1.82) is 0 Å². The van der Waals surface area contributed by atoms with Gasteiger partial charge in [-0.3, -0.25) is 14.4 Å². The minimum absolute atomic E-state index is 0.139. The van der Waals surface area contributed by atoms with Gasteiger partial charge in [-0.15, -0.1) is 0 Å². The van der Waals surface area contributed by atoms with Crippen molar-refractivity contribution >= 4 is 23.4 Å². The number of rotatable bonds is 8. The summed E-state index contributed by atoms with van der Waals surface area (Å²) in [5.41, 5.74) is 0.810. The molecule has 2 saturated heterocycles. The zero-order valence-corrected chi connectivity index (χ0v) is 21.7. The monoisotopic (exact) mass is 493 g/mol. The Bertz CT molecular complexity index is 1030. The standard InChI is InChI=1S/C29H39N3O4/c1-4-5-17-32-25(27(34)31-20-9-7-6-8-10-20)29-16-15-22(36-29)23(24(29)28(32)35)26(33)30-21-13-11-19(12-14-21)18(2)3/h11-16,18,20,22-25H,4-10,17H2,1-3H3,(H,30,33)(H,31,34)/t22-,23+,24-,25-,29-/m0/s1. The molecule has 5 atom stereocenters. The molecule has 4 aliphatic rings. The highest BCUT2D eigenvalue weighted by molar-refractivity contribution is 6.02. The van der Waals surface area contributed by atoms with Crippen LogP contribution in [0.3, 0.4) is 0 Å². The number of hydrogen-bond acceptors (Lipinski definition) is 4. The molecule has 1 aromatic rings. The van der Waals surface area contributed by atoms with Gasteiger partial charge in [0.25, 0.3) is 0 Å². The van der Waals surface area contributed by atoms with Gasteiger partial charge in [-0.1, -0.05) is 70.7 Å². The van der Waals surface area contributed by atoms with Crippen LogP contribution in [0.25, 0.3) is 0 Å². The van der Waals surface area contributed by atoms with Gasteiger partial charge in [0.05, 0.1) is 17.9 Å². The molecule has 36 heavy (non-hydrogen) atoms. The Morgan fingerprint density at radius 1 is 1.11 bits per heavy atom. The summed E-state index contributed by atoms with van der Waals surface area (Å²) in [4.78, 5) is 42.7. The summed E-state index contributed by atoms with van der Waals surface area (Å²) < 4.78 is 6.41. The fourth-order valence-electron chi connectivity index (χ4n) is 6.54. The van der Waals surface area contributed by atoms with Gasteiger partial charge in [-0.05, 0) is 42.9 Å². The second-order valence-electron chi connectivity index (χ2n) is 11.2. The quantitative estimate of drug-likeness (QED) is 0.533. The van der Waals surface area contributed by atoms with Crippen molar-refractivity contribution < 1.29 is 19.1 Å². The smallest absolute Gasteiger partial charge is 0.246 e. The van der Waals surface area contributed by atoms with E-state index >= 15 is 0 Å². The first-order valence-corrected chi connectivity index (χ1v) is 13.7. The van der Waals surface area contributed by atoms with Crippen molar-refractivity contribution in [2.24, 2.45) is 11.8 Å². The Hall–Kier alpha value is -2.67. The summed E-state index contributed by atoms with van der Waals surface area (Å²) in [6.07, 6.45) is 10.3. The van der Waals surface area contributed by atoms with E-state index < -0.39 is 29.6 Å². The van der Waals surface area contributed by atoms with Gasteiger partial charge in [0, 0.05) is 18.3 Å². The van der Waals surface area contributed by atoms with Gasteiger partial charge in [-0.25, -0.2) is 0 Å². The molecule has 3 fully saturated rings. The lowest BCUT2D eigenvalue weighted by molar-refractivity contribution is -0.141. The molecule has 1 saturated carbocycles. The second kappa shape index (κ2) is 10.0. The van der Waals surface area contributed by atoms with Crippen molar-refractivity contribution in [2.45, 2.75) is 95.4 Å². The number of carbonyl (C=O) groups is 3. The van der Waals surface area contributed by atoms with Crippen LogP contribution in [0.4, 0.5) is 5.69 Å². The van der Waals surface area contributed by atoms with Crippen LogP contribution in [0.5, 0.6) is 0 Å². The third kappa shape index (κ3) is 4.25. The van der Waals surface area contributed by atoms with Crippen LogP contribution < -0.4 is 10.6 Å². The van der Waals surface area contributed by atoms with Crippen LogP contribution in [-0.2, 0) is 19.1 Å². The van der Waals surface area contributed by atoms with Gasteiger partial charge in [0.1, 0.15) is 11.6 Å². The summed E-state index contributed by atoms with van der Waals surface area (Å²) in [6.45, 7) is 6.81. The molecule has 2 N–H and O–H groups in total. The van der Waals surface area contributed by atoms with Crippen LogP contribution in [0.2, 0.25) is 0 Å². The molecule has 1 aromatic carbocycles. The topological polar surface area (TPSA) is 87.7 Å². The SMILES string of the molecule is CCCCN1C(=O)[C@@H]2[C@H](C(=O)Nc3ccc(C(C)C)cc3)[C@@H]3C=C[C@@]2(O3)[C@@H]1C(=O)NC1CCCCC1. The molecular weight excluding hydrogens is 454 g/mol. The summed E-state index contributed by atoms with van der Waals surface area (Å²) >= 11 is 0. The van der Waals surface area contributed by atoms with Crippen LogP contribution in [0.1, 0.15) is 77.2 Å². The lowest BCUT2D eigenvalue weighted by Gasteiger charge is -2.34. The Kier molecular flexibility index (Phi) is 6.95. The first kappa shape index (κ1) is 25.0. The maximum Gasteiger partial charge on any atom is 0.246 e. The van der Waals surface area contributed by atoms with E-state index in [2.05, 4.69) is 31.4 Å². The molecule has 3 heterocycles. The highest BCUT2D eigenvalue weighted by Crippen LogP contribution is 2.55. The van der Waals surface area contributed by atoms with E-state index in [4.69, 9.17) is 4.74 Å². The molecule has 5 rings (SSSR count). The number of unbranched alkanes of at least 4 members (excludes halogenated alkanes) is 1. The Morgan fingerprint density at radius 3 is 2.50 bits per heavy atom. The lowest BCUT2D eigenvalue weighted by Crippen LogP contribution is -2.56. The third-order valence-corrected chi connectivity index (χ3v) is 8.47. The fourth-order valence-corrected chi connectivity index (χ4v) is 6.54. The molecular formula is C29H39N3O4. The van der Waals surface area contributed by atoms with E-state index in [0.717, 1.165) is 38.5 Å². The predicted molar refractivity (Wildman–Crippen MR) is 138 cm³/mol. The van der Waals surface area contributed by atoms with E-state index in [-0.39, 0.29) is 23.8 Å². The normalized spacial score (nSPS) is 31.2. The largest absolute Gasteiger partial charge is 0.359 e. The molecule has 3 aliphatic heterocycles. The van der Waals surface area contributed by atoms with Crippen LogP contribution in [0, 0.1) is 11.8 Å². The zero-order valence-electron chi connectivity index (χ0n) is 21.7. The fraction of sp³-hybridized carbons (Fsp3) is 0.621. The molecule has 2 bridgehead atoms. The van der Waals surface area contributed by atoms with Crippen molar-refractivity contribution in [3.05, 3.63) is 42.0 Å². The predicted octanol–water partition coefficient (Wildman–Crippen LogP) is 4.15. The number of hydrogen-bond donors (Lipinski definition) is 2. The van der Waals surface area contributed by atoms with E-state index in [9.17, 15) is 14.4 Å². The number of nitrogens with one attached hydrogen (secondary N) is 2. The van der Waals surface area contributed by atoms with E-state index in [1.165, 1.54) is 12.0 Å². The van der Waals surface area contributed by atoms with Crippen molar-refractivity contribution in [3.8, 4) is 0 Å². The number of ether oxygens (including phenoxy) is 1. The van der Waals surface area contributed by atoms with Crippen LogP contribution in [-0.4, -0.2) is 53.0 Å². The Labute approximate surface area is 214 Å². The van der Waals surface area contributed by atoms with Gasteiger partial charge >= 0.3 is 0 Å². The zero-order chi connectivity index (χ0) is 25.4. The number of anilines is 1. The summed E-state index contributed by atoms with van der Waals surface area (Å²) in [5, 5.41) is 6.24. The van der Waals surface area contributed by atoms with Gasteiger partial charge in [0.2, 0.25) is 17.7 Å². The van der Waals surface area contributed by atoms with E-state index in [1.807, 2.05) is 36.4 Å². The van der Waals surface area contributed by atoms with Crippen LogP contribution >= 0.6 is 0 Å². The number of carbonyl (C=O) groups excluding carboxylic acids is 3. The second-order valence-corrected chi connectivity index (χ2v) is 11.2. The van der Waals surface area contributed by atoms with Gasteiger partial charge < -0.3 is 20.3 Å². The Morgan fingerprint density at radius 2 is 1.83 bits per heavy atom. The minimum atomic E-state index is -1.09. The molecule has 7 heteroatoms. The average Bonchev–Trinajstić information content (AvgIpc) is 3.51. The van der Waals surface area contributed by atoms with Gasteiger partial charge in [-0.2, -0.15) is 0 Å². The highest BCUT2D eigenvalue weighted by atomic mass is 16.5. The van der Waals surface area contributed by atoms with Crippen molar-refractivity contribution in [2.75, 3.05) is 11.9 Å². The third-order valence-electron chi connectivity index (χ3n) is 8.47. The van der Waals surface area contributed by atoms with Crippen molar-refractivity contribution in [1.82, 2.24) is 10.2 Å². The molecule has 194 valence electrons. The summed E-state index contributed by atoms with van der Waals surface area (Å²) in [7, 11) is 0. The van der Waals surface area contributed by atoms with Gasteiger partial charge in [0.15, 0.2) is 0 Å². The van der Waals surface area contributed by atoms with Crippen LogP contribution in [0.15, 0.2) is 36.4 Å². The molecule has 0 unspecified atom stereocenters. The molecule has 0 aromatic heterocycles. The maximum atomic E-state index is 13.8. The molecule has 1 aliphatic carbocycles. The number of amides is 3. The Balaban J connectivity index is 1.39. The molecule has 1 spiro atoms. The maximum absolute atomic E-state index is 13.8. The molecule has 0 radical (unpaired) electrons. The number of likely N-dealkylation sites (tertiary alicyclic amines) is 1. The first-order valence-electron chi connectivity index (χ1n) is 13.7. The molecule has 3 amide bonds. The van der Waals surface area contributed by atoms with Crippen molar-refractivity contribution in [3.63, 3.8) is 0 Å². The average molecular weight is 494 g/mol. The highest BCUT2D eigenvalue weighted by Gasteiger charge is 2.72.